The number of oxazole rings is 1. The Morgan fingerprint density at radius 1 is 1.06 bits per heavy atom. The summed E-state index contributed by atoms with van der Waals surface area (Å²) in [6, 6.07) is 12.7. The molecule has 180 valence electrons. The summed E-state index contributed by atoms with van der Waals surface area (Å²) in [6.07, 6.45) is 4.62. The summed E-state index contributed by atoms with van der Waals surface area (Å²) in [5.74, 6) is 1.24. The zero-order chi connectivity index (χ0) is 23.7. The number of nitrogens with zero attached hydrogens (tertiary/aromatic N) is 3. The number of carbonyl (C=O) groups excluding carboxylic acids is 1. The molecule has 2 aliphatic rings. The normalized spacial score (nSPS) is 20.7. The van der Waals surface area contributed by atoms with Gasteiger partial charge in [0, 0.05) is 43.3 Å². The van der Waals surface area contributed by atoms with Gasteiger partial charge in [-0.2, -0.15) is 4.98 Å². The lowest BCUT2D eigenvalue weighted by Gasteiger charge is -2.49. The number of benzene rings is 2. The molecule has 1 saturated heterocycles. The van der Waals surface area contributed by atoms with Gasteiger partial charge in [0.15, 0.2) is 5.58 Å². The fourth-order valence-corrected chi connectivity index (χ4v) is 5.42. The highest BCUT2D eigenvalue weighted by atomic mass is 16.5. The van der Waals surface area contributed by atoms with Crippen molar-refractivity contribution in [1.29, 1.82) is 0 Å². The van der Waals surface area contributed by atoms with E-state index in [2.05, 4.69) is 15.9 Å². The molecule has 8 heteroatoms. The largest absolute Gasteiger partial charge is 0.497 e. The number of rotatable bonds is 6. The number of hydrogen-bond acceptors (Lipinski definition) is 8. The van der Waals surface area contributed by atoms with Gasteiger partial charge in [-0.25, -0.2) is 4.79 Å². The monoisotopic (exact) mass is 465 g/mol. The van der Waals surface area contributed by atoms with E-state index in [0.29, 0.717) is 34.8 Å². The second-order valence-electron chi connectivity index (χ2n) is 8.90. The molecule has 2 atom stereocenters. The number of fused-ring (bicyclic) bond motifs is 2. The minimum absolute atomic E-state index is 0.307. The highest BCUT2D eigenvalue weighted by molar-refractivity contribution is 6.01. The van der Waals surface area contributed by atoms with E-state index in [0.717, 1.165) is 49.5 Å². The number of methoxy groups -OCH3 is 3. The van der Waals surface area contributed by atoms with E-state index in [1.807, 2.05) is 18.2 Å². The smallest absolute Gasteiger partial charge is 0.340 e. The number of carbonyl (C=O) groups is 1. The maximum absolute atomic E-state index is 12.2. The zero-order valence-electron chi connectivity index (χ0n) is 20.0. The third-order valence-corrected chi connectivity index (χ3v) is 7.12. The second-order valence-corrected chi connectivity index (χ2v) is 8.90. The van der Waals surface area contributed by atoms with E-state index in [-0.39, 0.29) is 0 Å². The van der Waals surface area contributed by atoms with Crippen LogP contribution in [0, 0.1) is 0 Å². The summed E-state index contributed by atoms with van der Waals surface area (Å²) in [4.78, 5) is 21.8. The van der Waals surface area contributed by atoms with Crippen molar-refractivity contribution in [3.05, 3.63) is 47.5 Å². The van der Waals surface area contributed by atoms with Crippen LogP contribution in [-0.4, -0.2) is 62.4 Å². The molecule has 2 aromatic carbocycles. The first-order valence-corrected chi connectivity index (χ1v) is 11.8. The van der Waals surface area contributed by atoms with Gasteiger partial charge in [-0.3, -0.25) is 4.90 Å². The maximum Gasteiger partial charge on any atom is 0.340 e. The lowest BCUT2D eigenvalue weighted by Crippen LogP contribution is -2.60. The second kappa shape index (κ2) is 9.54. The molecule has 1 saturated carbocycles. The molecule has 0 N–H and O–H groups in total. The number of esters is 1. The first-order valence-electron chi connectivity index (χ1n) is 11.8. The molecule has 2 fully saturated rings. The lowest BCUT2D eigenvalue weighted by molar-refractivity contribution is 0.0602. The van der Waals surface area contributed by atoms with Crippen molar-refractivity contribution >= 4 is 23.1 Å². The number of aromatic nitrogens is 1. The van der Waals surface area contributed by atoms with Crippen molar-refractivity contribution in [3.8, 4) is 11.5 Å². The predicted octanol–water partition coefficient (Wildman–Crippen LogP) is 4.27. The summed E-state index contributed by atoms with van der Waals surface area (Å²) < 4.78 is 22.1. The Hall–Kier alpha value is -3.26. The van der Waals surface area contributed by atoms with Crippen LogP contribution in [0.25, 0.3) is 11.1 Å². The summed E-state index contributed by atoms with van der Waals surface area (Å²) in [7, 11) is 4.75. The molecule has 0 bridgehead atoms. The standard InChI is InChI=1S/C26H31N3O5/c1-31-18-12-11-17(23(15-18)32-2)16-28-13-14-29(21-9-5-4-8-20(21)28)26-27-24-19(25(30)33-3)7-6-10-22(24)34-26/h6-7,10-12,15,20-21H,4-5,8-9,13-14,16H2,1-3H3/t20-,21-/m0/s1. The van der Waals surface area contributed by atoms with Crippen molar-refractivity contribution < 1.29 is 23.4 Å². The highest BCUT2D eigenvalue weighted by Crippen LogP contribution is 2.36. The van der Waals surface area contributed by atoms with Crippen LogP contribution in [0.4, 0.5) is 6.01 Å². The van der Waals surface area contributed by atoms with Gasteiger partial charge in [0.1, 0.15) is 17.0 Å². The molecule has 0 amide bonds. The van der Waals surface area contributed by atoms with Crippen LogP contribution in [-0.2, 0) is 11.3 Å². The van der Waals surface area contributed by atoms with Crippen LogP contribution >= 0.6 is 0 Å². The van der Waals surface area contributed by atoms with Crippen molar-refractivity contribution in [1.82, 2.24) is 9.88 Å². The van der Waals surface area contributed by atoms with E-state index in [1.54, 1.807) is 26.4 Å². The summed E-state index contributed by atoms with van der Waals surface area (Å²) in [5.41, 5.74) is 2.75. The van der Waals surface area contributed by atoms with E-state index in [1.165, 1.54) is 20.0 Å². The number of ether oxygens (including phenoxy) is 3. The van der Waals surface area contributed by atoms with Gasteiger partial charge < -0.3 is 23.5 Å². The maximum atomic E-state index is 12.2. The Bertz CT molecular complexity index is 1180. The molecule has 0 unspecified atom stereocenters. The average Bonchev–Trinajstić information content (AvgIpc) is 3.32. The SMILES string of the molecule is COC(=O)c1cccc2oc(N3CCN(Cc4ccc(OC)cc4OC)[C@H]4CCCC[C@@H]43)nc12. The molecule has 1 aliphatic heterocycles. The number of anilines is 1. The Labute approximate surface area is 199 Å². The Kier molecular flexibility index (Phi) is 6.32. The lowest BCUT2D eigenvalue weighted by atomic mass is 9.86. The van der Waals surface area contributed by atoms with E-state index in [4.69, 9.17) is 23.6 Å². The van der Waals surface area contributed by atoms with Crippen LogP contribution in [0.2, 0.25) is 0 Å². The molecule has 34 heavy (non-hydrogen) atoms. The highest BCUT2D eigenvalue weighted by Gasteiger charge is 2.40. The average molecular weight is 466 g/mol. The van der Waals surface area contributed by atoms with Gasteiger partial charge in [-0.15, -0.1) is 0 Å². The summed E-state index contributed by atoms with van der Waals surface area (Å²) in [6.45, 7) is 2.52. The molecule has 1 aliphatic carbocycles. The topological polar surface area (TPSA) is 77.3 Å². The molecule has 3 aromatic rings. The fraction of sp³-hybridized carbons (Fsp3) is 0.462. The van der Waals surface area contributed by atoms with Gasteiger partial charge in [-0.05, 0) is 31.0 Å². The van der Waals surface area contributed by atoms with Crippen LogP contribution in [0.5, 0.6) is 11.5 Å². The molecular formula is C26H31N3O5. The Morgan fingerprint density at radius 3 is 2.65 bits per heavy atom. The van der Waals surface area contributed by atoms with Crippen molar-refractivity contribution in [2.24, 2.45) is 0 Å². The summed E-state index contributed by atoms with van der Waals surface area (Å²) >= 11 is 0. The van der Waals surface area contributed by atoms with Crippen LogP contribution in [0.1, 0.15) is 41.6 Å². The minimum Gasteiger partial charge on any atom is -0.497 e. The molecule has 8 nitrogen and oxygen atoms in total. The zero-order valence-corrected chi connectivity index (χ0v) is 20.0. The minimum atomic E-state index is -0.403. The molecule has 5 rings (SSSR count). The number of piperazine rings is 1. The number of para-hydroxylation sites is 1. The molecule has 2 heterocycles. The Balaban J connectivity index is 1.41. The molecule has 0 spiro atoms. The molecular weight excluding hydrogens is 434 g/mol. The van der Waals surface area contributed by atoms with Gasteiger partial charge >= 0.3 is 5.97 Å². The third-order valence-electron chi connectivity index (χ3n) is 7.12. The summed E-state index contributed by atoms with van der Waals surface area (Å²) in [5, 5.41) is 0. The van der Waals surface area contributed by atoms with Crippen molar-refractivity contribution in [2.75, 3.05) is 39.3 Å². The van der Waals surface area contributed by atoms with E-state index >= 15 is 0 Å². The van der Waals surface area contributed by atoms with Crippen LogP contribution in [0.3, 0.4) is 0 Å². The molecule has 1 aromatic heterocycles. The van der Waals surface area contributed by atoms with Gasteiger partial charge in [0.25, 0.3) is 6.01 Å². The van der Waals surface area contributed by atoms with Gasteiger partial charge in [0.05, 0.1) is 26.9 Å². The predicted molar refractivity (Wildman–Crippen MR) is 129 cm³/mol. The Morgan fingerprint density at radius 2 is 1.88 bits per heavy atom. The van der Waals surface area contributed by atoms with Gasteiger partial charge in [0.2, 0.25) is 0 Å². The first-order chi connectivity index (χ1) is 16.6. The van der Waals surface area contributed by atoms with Crippen LogP contribution in [0.15, 0.2) is 40.8 Å². The quantitative estimate of drug-likeness (QED) is 0.500. The van der Waals surface area contributed by atoms with E-state index < -0.39 is 5.97 Å². The first kappa shape index (κ1) is 22.5. The molecule has 0 radical (unpaired) electrons. The van der Waals surface area contributed by atoms with Crippen molar-refractivity contribution in [2.45, 2.75) is 44.3 Å². The fourth-order valence-electron chi connectivity index (χ4n) is 5.42. The van der Waals surface area contributed by atoms with Crippen molar-refractivity contribution in [3.63, 3.8) is 0 Å². The third kappa shape index (κ3) is 4.07. The van der Waals surface area contributed by atoms with Gasteiger partial charge in [-0.1, -0.05) is 25.0 Å². The van der Waals surface area contributed by atoms with Crippen LogP contribution < -0.4 is 14.4 Å². The number of hydrogen-bond donors (Lipinski definition) is 0. The van der Waals surface area contributed by atoms with E-state index in [9.17, 15) is 4.79 Å².